The van der Waals surface area contributed by atoms with E-state index in [1.165, 1.54) is 5.56 Å². The number of methoxy groups -OCH3 is 1. The van der Waals surface area contributed by atoms with Gasteiger partial charge >= 0.3 is 0 Å². The second-order valence-corrected chi connectivity index (χ2v) is 4.76. The van der Waals surface area contributed by atoms with E-state index in [0.717, 1.165) is 23.5 Å². The van der Waals surface area contributed by atoms with Gasteiger partial charge in [0.25, 0.3) is 0 Å². The fourth-order valence-electron chi connectivity index (χ4n) is 2.54. The van der Waals surface area contributed by atoms with Gasteiger partial charge in [0.15, 0.2) is 5.96 Å². The quantitative estimate of drug-likeness (QED) is 0.817. The van der Waals surface area contributed by atoms with Crippen LogP contribution in [0.25, 0.3) is 0 Å². The SMILES string of the molecule is COc1cc2c(cc1C1CN=C(N)N1)OC(C)C2. The van der Waals surface area contributed by atoms with Crippen LogP contribution in [0, 0.1) is 0 Å². The van der Waals surface area contributed by atoms with Crippen LogP contribution in [0.1, 0.15) is 24.1 Å². The van der Waals surface area contributed by atoms with Gasteiger partial charge in [-0.3, -0.25) is 4.99 Å². The van der Waals surface area contributed by atoms with Crippen LogP contribution in [0.2, 0.25) is 0 Å². The molecule has 2 aliphatic rings. The molecule has 0 bridgehead atoms. The average Bonchev–Trinajstić information content (AvgIpc) is 2.91. The summed E-state index contributed by atoms with van der Waals surface area (Å²) in [5.41, 5.74) is 7.91. The molecule has 1 aromatic carbocycles. The summed E-state index contributed by atoms with van der Waals surface area (Å²) in [6.45, 7) is 2.71. The maximum absolute atomic E-state index is 5.78. The van der Waals surface area contributed by atoms with E-state index in [1.54, 1.807) is 7.11 Å². The van der Waals surface area contributed by atoms with E-state index in [1.807, 2.05) is 6.07 Å². The van der Waals surface area contributed by atoms with Crippen LogP contribution in [-0.4, -0.2) is 25.7 Å². The fraction of sp³-hybridized carbons (Fsp3) is 0.462. The Balaban J connectivity index is 1.97. The van der Waals surface area contributed by atoms with Gasteiger partial charge in [-0.2, -0.15) is 0 Å². The summed E-state index contributed by atoms with van der Waals surface area (Å²) in [6.07, 6.45) is 1.17. The van der Waals surface area contributed by atoms with Crippen molar-refractivity contribution in [2.45, 2.75) is 25.5 Å². The van der Waals surface area contributed by atoms with Crippen LogP contribution in [0.4, 0.5) is 0 Å². The lowest BCUT2D eigenvalue weighted by atomic mass is 10.0. The number of aliphatic imine (C=N–C) groups is 1. The molecule has 0 amide bonds. The zero-order valence-corrected chi connectivity index (χ0v) is 10.6. The van der Waals surface area contributed by atoms with Gasteiger partial charge < -0.3 is 20.5 Å². The molecule has 2 aliphatic heterocycles. The van der Waals surface area contributed by atoms with Crippen LogP contribution in [0.5, 0.6) is 11.5 Å². The predicted octanol–water partition coefficient (Wildman–Crippen LogP) is 0.978. The van der Waals surface area contributed by atoms with Crippen LogP contribution in [-0.2, 0) is 6.42 Å². The van der Waals surface area contributed by atoms with Crippen LogP contribution < -0.4 is 20.5 Å². The summed E-state index contributed by atoms with van der Waals surface area (Å²) in [6, 6.07) is 4.18. The zero-order chi connectivity index (χ0) is 12.7. The third kappa shape index (κ3) is 1.75. The van der Waals surface area contributed by atoms with E-state index in [9.17, 15) is 0 Å². The number of hydrogen-bond donors (Lipinski definition) is 2. The molecule has 0 saturated carbocycles. The normalized spacial score (nSPS) is 25.1. The number of guanidine groups is 1. The minimum Gasteiger partial charge on any atom is -0.496 e. The van der Waals surface area contributed by atoms with Crippen molar-refractivity contribution in [3.63, 3.8) is 0 Å². The van der Waals surface area contributed by atoms with E-state index in [4.69, 9.17) is 15.2 Å². The Morgan fingerprint density at radius 3 is 3.00 bits per heavy atom. The minimum absolute atomic E-state index is 0.0738. The number of rotatable bonds is 2. The van der Waals surface area contributed by atoms with Gasteiger partial charge in [0.05, 0.1) is 19.7 Å². The zero-order valence-electron chi connectivity index (χ0n) is 10.6. The number of ether oxygens (including phenoxy) is 2. The van der Waals surface area contributed by atoms with Crippen molar-refractivity contribution in [3.05, 3.63) is 23.3 Å². The van der Waals surface area contributed by atoms with Gasteiger partial charge in [-0.15, -0.1) is 0 Å². The molecule has 0 aromatic heterocycles. The Hall–Kier alpha value is -1.91. The first-order chi connectivity index (χ1) is 8.67. The van der Waals surface area contributed by atoms with Crippen LogP contribution in [0.3, 0.4) is 0 Å². The topological polar surface area (TPSA) is 68.9 Å². The first kappa shape index (κ1) is 11.2. The van der Waals surface area contributed by atoms with Gasteiger partial charge in [-0.1, -0.05) is 0 Å². The summed E-state index contributed by atoms with van der Waals surface area (Å²) < 4.78 is 11.2. The molecule has 0 fully saturated rings. The number of fused-ring (bicyclic) bond motifs is 1. The highest BCUT2D eigenvalue weighted by Crippen LogP contribution is 2.38. The number of hydrogen-bond acceptors (Lipinski definition) is 5. The lowest BCUT2D eigenvalue weighted by molar-refractivity contribution is 0.254. The molecular formula is C13H17N3O2. The monoisotopic (exact) mass is 247 g/mol. The summed E-state index contributed by atoms with van der Waals surface area (Å²) in [5, 5.41) is 3.14. The highest BCUT2D eigenvalue weighted by Gasteiger charge is 2.26. The Morgan fingerprint density at radius 2 is 2.33 bits per heavy atom. The molecule has 5 heteroatoms. The largest absolute Gasteiger partial charge is 0.496 e. The molecule has 18 heavy (non-hydrogen) atoms. The summed E-state index contributed by atoms with van der Waals surface area (Å²) in [4.78, 5) is 4.16. The molecule has 0 spiro atoms. The van der Waals surface area contributed by atoms with Crippen molar-refractivity contribution in [1.29, 1.82) is 0 Å². The maximum atomic E-state index is 5.78. The molecule has 1 aromatic rings. The molecular weight excluding hydrogens is 230 g/mol. The fourth-order valence-corrected chi connectivity index (χ4v) is 2.54. The second-order valence-electron chi connectivity index (χ2n) is 4.76. The predicted molar refractivity (Wildman–Crippen MR) is 69.2 cm³/mol. The molecule has 3 N–H and O–H groups in total. The summed E-state index contributed by atoms with van der Waals surface area (Å²) >= 11 is 0. The Kier molecular flexibility index (Phi) is 2.54. The Morgan fingerprint density at radius 1 is 1.50 bits per heavy atom. The number of nitrogens with zero attached hydrogens (tertiary/aromatic N) is 1. The van der Waals surface area contributed by atoms with Crippen molar-refractivity contribution >= 4 is 5.96 Å². The molecule has 2 unspecified atom stereocenters. The molecule has 96 valence electrons. The lowest BCUT2D eigenvalue weighted by Crippen LogP contribution is -2.29. The highest BCUT2D eigenvalue weighted by molar-refractivity contribution is 5.80. The molecule has 0 saturated heterocycles. The molecule has 2 atom stereocenters. The summed E-state index contributed by atoms with van der Waals surface area (Å²) in [7, 11) is 1.68. The average molecular weight is 247 g/mol. The van der Waals surface area contributed by atoms with Crippen molar-refractivity contribution < 1.29 is 9.47 Å². The standard InChI is InChI=1S/C13H17N3O2/c1-7-3-8-4-12(17-2)9(5-11(8)18-7)10-6-15-13(14)16-10/h4-5,7,10H,3,6H2,1-2H3,(H3,14,15,16). The van der Waals surface area contributed by atoms with Crippen LogP contribution in [0.15, 0.2) is 17.1 Å². The lowest BCUT2D eigenvalue weighted by Gasteiger charge is -2.16. The van der Waals surface area contributed by atoms with E-state index < -0.39 is 0 Å². The number of nitrogens with two attached hydrogens (primary N) is 1. The van der Waals surface area contributed by atoms with Crippen LogP contribution >= 0.6 is 0 Å². The molecule has 2 heterocycles. The van der Waals surface area contributed by atoms with E-state index >= 15 is 0 Å². The first-order valence-corrected chi connectivity index (χ1v) is 6.11. The van der Waals surface area contributed by atoms with Crippen molar-refractivity contribution in [2.24, 2.45) is 10.7 Å². The number of benzene rings is 1. The third-order valence-corrected chi connectivity index (χ3v) is 3.39. The second kappa shape index (κ2) is 4.08. The smallest absolute Gasteiger partial charge is 0.189 e. The highest BCUT2D eigenvalue weighted by atomic mass is 16.5. The molecule has 0 aliphatic carbocycles. The van der Waals surface area contributed by atoms with Gasteiger partial charge in [0, 0.05) is 17.5 Å². The minimum atomic E-state index is 0.0738. The Bertz CT molecular complexity index is 513. The van der Waals surface area contributed by atoms with Gasteiger partial charge in [0.1, 0.15) is 17.6 Å². The molecule has 5 nitrogen and oxygen atoms in total. The van der Waals surface area contributed by atoms with E-state index in [0.29, 0.717) is 12.5 Å². The van der Waals surface area contributed by atoms with Crippen molar-refractivity contribution in [1.82, 2.24) is 5.32 Å². The summed E-state index contributed by atoms with van der Waals surface area (Å²) in [5.74, 6) is 2.30. The third-order valence-electron chi connectivity index (χ3n) is 3.39. The van der Waals surface area contributed by atoms with Gasteiger partial charge in [-0.05, 0) is 19.1 Å². The molecule has 3 rings (SSSR count). The van der Waals surface area contributed by atoms with Gasteiger partial charge in [0.2, 0.25) is 0 Å². The molecule has 0 radical (unpaired) electrons. The maximum Gasteiger partial charge on any atom is 0.189 e. The van der Waals surface area contributed by atoms with Crippen molar-refractivity contribution in [3.8, 4) is 11.5 Å². The Labute approximate surface area is 106 Å². The first-order valence-electron chi connectivity index (χ1n) is 6.11. The van der Waals surface area contributed by atoms with Crippen molar-refractivity contribution in [2.75, 3.05) is 13.7 Å². The number of nitrogens with one attached hydrogen (secondary N) is 1. The van der Waals surface area contributed by atoms with Gasteiger partial charge in [-0.25, -0.2) is 0 Å². The van der Waals surface area contributed by atoms with E-state index in [2.05, 4.69) is 23.3 Å². The van der Waals surface area contributed by atoms with E-state index in [-0.39, 0.29) is 12.1 Å².